The minimum Gasteiger partial charge on any atom is -0.479 e. The first kappa shape index (κ1) is 14.9. The molecule has 0 saturated heterocycles. The Morgan fingerprint density at radius 3 is 2.90 bits per heavy atom. The molecular formula is C15H12BrN3O2. The van der Waals surface area contributed by atoms with E-state index in [4.69, 9.17) is 15.7 Å². The van der Waals surface area contributed by atoms with Gasteiger partial charge >= 0.3 is 0 Å². The van der Waals surface area contributed by atoms with Gasteiger partial charge < -0.3 is 15.8 Å². The van der Waals surface area contributed by atoms with Crippen LogP contribution in [0.2, 0.25) is 0 Å². The van der Waals surface area contributed by atoms with Gasteiger partial charge in [0.2, 0.25) is 0 Å². The summed E-state index contributed by atoms with van der Waals surface area (Å²) in [6.45, 7) is -0.0435. The zero-order valence-electron chi connectivity index (χ0n) is 11.0. The molecule has 2 aromatic carbocycles. The SMILES string of the molecule is N#CCOc1cccc(NC(=O)c2cc(N)ccc2Br)c1. The predicted octanol–water partition coefficient (Wildman–Crippen LogP) is 3.19. The minimum absolute atomic E-state index is 0.0435. The summed E-state index contributed by atoms with van der Waals surface area (Å²) >= 11 is 3.32. The fourth-order valence-electron chi connectivity index (χ4n) is 1.69. The van der Waals surface area contributed by atoms with E-state index in [1.807, 2.05) is 6.07 Å². The van der Waals surface area contributed by atoms with Gasteiger partial charge in [-0.3, -0.25) is 4.79 Å². The van der Waals surface area contributed by atoms with E-state index in [2.05, 4.69) is 21.2 Å². The summed E-state index contributed by atoms with van der Waals surface area (Å²) in [5.74, 6) is 0.229. The van der Waals surface area contributed by atoms with Crippen molar-refractivity contribution in [3.05, 3.63) is 52.5 Å². The van der Waals surface area contributed by atoms with Crippen molar-refractivity contribution >= 4 is 33.2 Å². The second kappa shape index (κ2) is 6.77. The third-order valence-electron chi connectivity index (χ3n) is 2.63. The normalized spacial score (nSPS) is 9.71. The van der Waals surface area contributed by atoms with Crippen molar-refractivity contribution in [1.82, 2.24) is 0 Å². The van der Waals surface area contributed by atoms with E-state index in [1.54, 1.807) is 42.5 Å². The average molecular weight is 346 g/mol. The van der Waals surface area contributed by atoms with Crippen molar-refractivity contribution in [2.75, 3.05) is 17.7 Å². The highest BCUT2D eigenvalue weighted by molar-refractivity contribution is 9.10. The zero-order chi connectivity index (χ0) is 15.2. The van der Waals surface area contributed by atoms with Crippen molar-refractivity contribution < 1.29 is 9.53 Å². The third-order valence-corrected chi connectivity index (χ3v) is 3.32. The van der Waals surface area contributed by atoms with Crippen LogP contribution in [0.4, 0.5) is 11.4 Å². The van der Waals surface area contributed by atoms with Crippen LogP contribution in [0, 0.1) is 11.3 Å². The molecule has 0 aliphatic rings. The summed E-state index contributed by atoms with van der Waals surface area (Å²) in [7, 11) is 0. The first-order valence-electron chi connectivity index (χ1n) is 6.06. The second-order valence-electron chi connectivity index (χ2n) is 4.17. The lowest BCUT2D eigenvalue weighted by molar-refractivity contribution is 0.102. The molecule has 1 amide bonds. The van der Waals surface area contributed by atoms with Crippen LogP contribution >= 0.6 is 15.9 Å². The fraction of sp³-hybridized carbons (Fsp3) is 0.0667. The minimum atomic E-state index is -0.286. The number of hydrogen-bond acceptors (Lipinski definition) is 4. The van der Waals surface area contributed by atoms with Crippen molar-refractivity contribution in [1.29, 1.82) is 5.26 Å². The smallest absolute Gasteiger partial charge is 0.256 e. The Morgan fingerprint density at radius 2 is 2.14 bits per heavy atom. The Bertz CT molecular complexity index is 710. The van der Waals surface area contributed by atoms with Crippen LogP contribution in [0.5, 0.6) is 5.75 Å². The molecule has 6 heteroatoms. The first-order valence-corrected chi connectivity index (χ1v) is 6.85. The van der Waals surface area contributed by atoms with E-state index in [-0.39, 0.29) is 12.5 Å². The molecule has 0 spiro atoms. The monoisotopic (exact) mass is 345 g/mol. The molecule has 2 aromatic rings. The molecule has 106 valence electrons. The number of nitrogens with one attached hydrogen (secondary N) is 1. The first-order chi connectivity index (χ1) is 10.1. The van der Waals surface area contributed by atoms with Crippen LogP contribution in [0.25, 0.3) is 0 Å². The molecule has 2 rings (SSSR count). The number of hydrogen-bond donors (Lipinski definition) is 2. The van der Waals surface area contributed by atoms with Gasteiger partial charge in [0.25, 0.3) is 5.91 Å². The zero-order valence-corrected chi connectivity index (χ0v) is 12.6. The molecule has 0 heterocycles. The van der Waals surface area contributed by atoms with Crippen LogP contribution in [0.1, 0.15) is 10.4 Å². The van der Waals surface area contributed by atoms with Crippen molar-refractivity contribution in [2.45, 2.75) is 0 Å². The van der Waals surface area contributed by atoms with E-state index in [0.29, 0.717) is 27.2 Å². The second-order valence-corrected chi connectivity index (χ2v) is 5.02. The maximum atomic E-state index is 12.2. The third kappa shape index (κ3) is 3.97. The highest BCUT2D eigenvalue weighted by Gasteiger charge is 2.11. The number of benzene rings is 2. The van der Waals surface area contributed by atoms with Gasteiger partial charge in [-0.2, -0.15) is 5.26 Å². The quantitative estimate of drug-likeness (QED) is 0.833. The average Bonchev–Trinajstić information content (AvgIpc) is 2.48. The van der Waals surface area contributed by atoms with Crippen LogP contribution < -0.4 is 15.8 Å². The molecule has 3 N–H and O–H groups in total. The molecular weight excluding hydrogens is 334 g/mol. The topological polar surface area (TPSA) is 88.1 Å². The number of rotatable bonds is 4. The van der Waals surface area contributed by atoms with E-state index in [0.717, 1.165) is 0 Å². The number of nitrogens with two attached hydrogens (primary N) is 1. The van der Waals surface area contributed by atoms with Gasteiger partial charge in [0.15, 0.2) is 6.61 Å². The largest absolute Gasteiger partial charge is 0.479 e. The Hall–Kier alpha value is -2.52. The number of nitrogen functional groups attached to an aromatic ring is 1. The van der Waals surface area contributed by atoms with Gasteiger partial charge in [-0.15, -0.1) is 0 Å². The maximum Gasteiger partial charge on any atom is 0.256 e. The van der Waals surface area contributed by atoms with E-state index >= 15 is 0 Å². The molecule has 0 radical (unpaired) electrons. The van der Waals surface area contributed by atoms with Crippen molar-refractivity contribution in [3.63, 3.8) is 0 Å². The number of halogens is 1. The molecule has 0 bridgehead atoms. The van der Waals surface area contributed by atoms with Gasteiger partial charge in [-0.25, -0.2) is 0 Å². The molecule has 0 aliphatic heterocycles. The van der Waals surface area contributed by atoms with Crippen LogP contribution in [-0.2, 0) is 0 Å². The fourth-order valence-corrected chi connectivity index (χ4v) is 2.12. The number of nitriles is 1. The van der Waals surface area contributed by atoms with E-state index in [1.165, 1.54) is 0 Å². The summed E-state index contributed by atoms with van der Waals surface area (Å²) < 4.78 is 5.84. The highest BCUT2D eigenvalue weighted by atomic mass is 79.9. The lowest BCUT2D eigenvalue weighted by Gasteiger charge is -2.09. The number of ether oxygens (including phenoxy) is 1. The number of anilines is 2. The Balaban J connectivity index is 2.16. The summed E-state index contributed by atoms with van der Waals surface area (Å²) in [5, 5.41) is 11.2. The van der Waals surface area contributed by atoms with Crippen LogP contribution in [0.15, 0.2) is 46.9 Å². The highest BCUT2D eigenvalue weighted by Crippen LogP contribution is 2.22. The van der Waals surface area contributed by atoms with Crippen LogP contribution in [0.3, 0.4) is 0 Å². The summed E-state index contributed by atoms with van der Waals surface area (Å²) in [6.07, 6.45) is 0. The summed E-state index contributed by atoms with van der Waals surface area (Å²) in [4.78, 5) is 12.2. The van der Waals surface area contributed by atoms with Gasteiger partial charge in [0.05, 0.1) is 5.56 Å². The van der Waals surface area contributed by atoms with Crippen molar-refractivity contribution in [3.8, 4) is 11.8 Å². The van der Waals surface area contributed by atoms with Gasteiger partial charge in [0, 0.05) is 21.9 Å². The molecule has 0 aliphatic carbocycles. The molecule has 0 unspecified atom stereocenters. The standard InChI is InChI=1S/C15H12BrN3O2/c16-14-5-4-10(18)8-13(14)15(20)19-11-2-1-3-12(9-11)21-7-6-17/h1-5,8-9H,7,18H2,(H,19,20). The van der Waals surface area contributed by atoms with Gasteiger partial charge in [-0.05, 0) is 46.3 Å². The molecule has 0 fully saturated rings. The number of amides is 1. The summed E-state index contributed by atoms with van der Waals surface area (Å²) in [5.41, 5.74) is 7.21. The van der Waals surface area contributed by atoms with Gasteiger partial charge in [0.1, 0.15) is 11.8 Å². The Kier molecular flexibility index (Phi) is 4.80. The van der Waals surface area contributed by atoms with Gasteiger partial charge in [-0.1, -0.05) is 6.07 Å². The number of carbonyl (C=O) groups excluding carboxylic acids is 1. The predicted molar refractivity (Wildman–Crippen MR) is 84.1 cm³/mol. The lowest BCUT2D eigenvalue weighted by atomic mass is 10.2. The molecule has 21 heavy (non-hydrogen) atoms. The lowest BCUT2D eigenvalue weighted by Crippen LogP contribution is -2.13. The van der Waals surface area contributed by atoms with Crippen molar-refractivity contribution in [2.24, 2.45) is 0 Å². The maximum absolute atomic E-state index is 12.2. The number of nitrogens with zero attached hydrogens (tertiary/aromatic N) is 1. The molecule has 5 nitrogen and oxygen atoms in total. The van der Waals surface area contributed by atoms with E-state index in [9.17, 15) is 4.79 Å². The molecule has 0 aromatic heterocycles. The summed E-state index contributed by atoms with van der Waals surface area (Å²) in [6, 6.07) is 13.7. The Labute approximate surface area is 130 Å². The number of carbonyl (C=O) groups is 1. The molecule has 0 saturated carbocycles. The van der Waals surface area contributed by atoms with E-state index < -0.39 is 0 Å². The van der Waals surface area contributed by atoms with Crippen LogP contribution in [-0.4, -0.2) is 12.5 Å². The Morgan fingerprint density at radius 1 is 1.33 bits per heavy atom. The molecule has 0 atom stereocenters.